The summed E-state index contributed by atoms with van der Waals surface area (Å²) in [5.74, 6) is 1.75. The average Bonchev–Trinajstić information content (AvgIpc) is 3.27. The van der Waals surface area contributed by atoms with E-state index >= 15 is 0 Å². The van der Waals surface area contributed by atoms with Crippen molar-refractivity contribution in [1.29, 1.82) is 0 Å². The largest absolute Gasteiger partial charge is 0.338 e. The summed E-state index contributed by atoms with van der Waals surface area (Å²) in [6.45, 7) is 1.07. The van der Waals surface area contributed by atoms with Crippen molar-refractivity contribution < 1.29 is 4.79 Å². The molecule has 4 rings (SSSR count). The van der Waals surface area contributed by atoms with Crippen LogP contribution in [-0.2, 0) is 6.54 Å². The predicted molar refractivity (Wildman–Crippen MR) is 96.7 cm³/mol. The standard InChI is InChI=1S/C19H20N6O/c26-19(23-11-16-9-17(16)14-5-2-1-3-6-14)22-10-15-7-4-8-21-18(15)25-13-20-12-24-25/h1-8,12-13,16-17H,9-11H2,(H2,22,23,26)/t16-,17+/m0/s1. The zero-order chi connectivity index (χ0) is 17.8. The highest BCUT2D eigenvalue weighted by Gasteiger charge is 2.37. The van der Waals surface area contributed by atoms with Gasteiger partial charge in [-0.25, -0.2) is 19.4 Å². The lowest BCUT2D eigenvalue weighted by Crippen LogP contribution is -2.36. The maximum absolute atomic E-state index is 12.1. The Morgan fingerprint density at radius 3 is 2.85 bits per heavy atom. The van der Waals surface area contributed by atoms with Crippen LogP contribution in [0.1, 0.15) is 23.5 Å². The molecule has 0 unspecified atom stereocenters. The van der Waals surface area contributed by atoms with E-state index in [0.717, 1.165) is 12.0 Å². The first-order valence-electron chi connectivity index (χ1n) is 8.67. The van der Waals surface area contributed by atoms with Crippen molar-refractivity contribution in [3.05, 3.63) is 72.4 Å². The number of hydrogen-bond donors (Lipinski definition) is 2. The smallest absolute Gasteiger partial charge is 0.315 e. The molecule has 1 aromatic carbocycles. The molecule has 1 aliphatic rings. The van der Waals surface area contributed by atoms with Gasteiger partial charge in [-0.3, -0.25) is 0 Å². The minimum atomic E-state index is -0.169. The number of benzene rings is 1. The normalized spacial score (nSPS) is 18.3. The molecule has 1 aliphatic carbocycles. The summed E-state index contributed by atoms with van der Waals surface area (Å²) in [5.41, 5.74) is 2.23. The number of carbonyl (C=O) groups is 1. The molecule has 2 N–H and O–H groups in total. The van der Waals surface area contributed by atoms with E-state index in [-0.39, 0.29) is 6.03 Å². The fourth-order valence-corrected chi connectivity index (χ4v) is 3.14. The summed E-state index contributed by atoms with van der Waals surface area (Å²) >= 11 is 0. The van der Waals surface area contributed by atoms with Gasteiger partial charge in [0.2, 0.25) is 0 Å². The monoisotopic (exact) mass is 348 g/mol. The summed E-state index contributed by atoms with van der Waals surface area (Å²) < 4.78 is 1.59. The van der Waals surface area contributed by atoms with Gasteiger partial charge in [0, 0.05) is 24.8 Å². The molecule has 7 nitrogen and oxygen atoms in total. The number of urea groups is 1. The van der Waals surface area contributed by atoms with Crippen molar-refractivity contribution in [2.24, 2.45) is 5.92 Å². The van der Waals surface area contributed by atoms with Crippen LogP contribution < -0.4 is 10.6 Å². The summed E-state index contributed by atoms with van der Waals surface area (Å²) in [6.07, 6.45) is 5.86. The minimum absolute atomic E-state index is 0.169. The predicted octanol–water partition coefficient (Wildman–Crippen LogP) is 2.27. The van der Waals surface area contributed by atoms with Gasteiger partial charge < -0.3 is 10.6 Å². The molecule has 1 fully saturated rings. The summed E-state index contributed by atoms with van der Waals surface area (Å²) in [4.78, 5) is 20.4. The molecule has 2 heterocycles. The Balaban J connectivity index is 1.27. The zero-order valence-electron chi connectivity index (χ0n) is 14.2. The minimum Gasteiger partial charge on any atom is -0.338 e. The maximum Gasteiger partial charge on any atom is 0.315 e. The van der Waals surface area contributed by atoms with Crippen molar-refractivity contribution in [2.45, 2.75) is 18.9 Å². The van der Waals surface area contributed by atoms with Crippen LogP contribution in [0.15, 0.2) is 61.3 Å². The molecule has 26 heavy (non-hydrogen) atoms. The molecule has 2 atom stereocenters. The van der Waals surface area contributed by atoms with E-state index in [4.69, 9.17) is 0 Å². The molecule has 0 saturated heterocycles. The van der Waals surface area contributed by atoms with E-state index in [2.05, 4.69) is 50.0 Å². The Morgan fingerprint density at radius 2 is 2.04 bits per heavy atom. The molecule has 3 aromatic rings. The van der Waals surface area contributed by atoms with E-state index in [1.165, 1.54) is 11.9 Å². The zero-order valence-corrected chi connectivity index (χ0v) is 14.2. The van der Waals surface area contributed by atoms with E-state index < -0.39 is 0 Å². The molecule has 1 saturated carbocycles. The first-order valence-corrected chi connectivity index (χ1v) is 8.67. The quantitative estimate of drug-likeness (QED) is 0.716. The van der Waals surface area contributed by atoms with Gasteiger partial charge in [0.15, 0.2) is 5.82 Å². The van der Waals surface area contributed by atoms with Crippen molar-refractivity contribution in [1.82, 2.24) is 30.4 Å². The third kappa shape index (κ3) is 3.72. The number of hydrogen-bond acceptors (Lipinski definition) is 4. The molecular weight excluding hydrogens is 328 g/mol. The van der Waals surface area contributed by atoms with Gasteiger partial charge in [0.05, 0.1) is 0 Å². The maximum atomic E-state index is 12.1. The number of nitrogens with one attached hydrogen (secondary N) is 2. The molecular formula is C19H20N6O. The van der Waals surface area contributed by atoms with Gasteiger partial charge in [-0.05, 0) is 29.9 Å². The topological polar surface area (TPSA) is 84.7 Å². The first kappa shape index (κ1) is 16.3. The van der Waals surface area contributed by atoms with Crippen LogP contribution in [0.3, 0.4) is 0 Å². The number of nitrogens with zero attached hydrogens (tertiary/aromatic N) is 4. The molecule has 0 radical (unpaired) electrons. The number of pyridine rings is 1. The summed E-state index contributed by atoms with van der Waals surface area (Å²) in [6, 6.07) is 14.0. The fourth-order valence-electron chi connectivity index (χ4n) is 3.14. The van der Waals surface area contributed by atoms with Gasteiger partial charge in [0.1, 0.15) is 12.7 Å². The van der Waals surface area contributed by atoms with Crippen LogP contribution in [0, 0.1) is 5.92 Å². The van der Waals surface area contributed by atoms with Crippen LogP contribution in [-0.4, -0.2) is 32.3 Å². The number of aromatic nitrogens is 4. The van der Waals surface area contributed by atoms with E-state index in [1.54, 1.807) is 17.2 Å². The number of carbonyl (C=O) groups excluding carboxylic acids is 1. The SMILES string of the molecule is O=C(NCc1cccnc1-n1cncn1)NC[C@@H]1C[C@@H]1c1ccccc1. The second kappa shape index (κ2) is 7.35. The molecule has 2 aromatic heterocycles. The Kier molecular flexibility index (Phi) is 4.59. The van der Waals surface area contributed by atoms with Crippen molar-refractivity contribution in [3.63, 3.8) is 0 Å². The third-order valence-corrected chi connectivity index (χ3v) is 4.62. The first-order chi connectivity index (χ1) is 12.8. The lowest BCUT2D eigenvalue weighted by molar-refractivity contribution is 0.240. The second-order valence-electron chi connectivity index (χ2n) is 6.40. The molecule has 7 heteroatoms. The van der Waals surface area contributed by atoms with Gasteiger partial charge in [0.25, 0.3) is 0 Å². The third-order valence-electron chi connectivity index (χ3n) is 4.62. The Hall–Kier alpha value is -3.22. The molecule has 0 spiro atoms. The van der Waals surface area contributed by atoms with Crippen LogP contribution in [0.25, 0.3) is 5.82 Å². The highest BCUT2D eigenvalue weighted by molar-refractivity contribution is 5.74. The highest BCUT2D eigenvalue weighted by atomic mass is 16.2. The van der Waals surface area contributed by atoms with E-state index in [1.807, 2.05) is 18.2 Å². The van der Waals surface area contributed by atoms with Crippen molar-refractivity contribution in [3.8, 4) is 5.82 Å². The Morgan fingerprint density at radius 1 is 1.15 bits per heavy atom. The van der Waals surface area contributed by atoms with Crippen LogP contribution in [0.5, 0.6) is 0 Å². The van der Waals surface area contributed by atoms with Gasteiger partial charge >= 0.3 is 6.03 Å². The molecule has 2 amide bonds. The second-order valence-corrected chi connectivity index (χ2v) is 6.40. The van der Waals surface area contributed by atoms with Gasteiger partial charge in [-0.1, -0.05) is 36.4 Å². The van der Waals surface area contributed by atoms with Gasteiger partial charge in [-0.15, -0.1) is 0 Å². The van der Waals surface area contributed by atoms with Crippen molar-refractivity contribution >= 4 is 6.03 Å². The van der Waals surface area contributed by atoms with Crippen LogP contribution in [0.2, 0.25) is 0 Å². The van der Waals surface area contributed by atoms with Gasteiger partial charge in [-0.2, -0.15) is 5.10 Å². The molecule has 0 aliphatic heterocycles. The van der Waals surface area contributed by atoms with Crippen LogP contribution in [0.4, 0.5) is 4.79 Å². The fraction of sp³-hybridized carbons (Fsp3) is 0.263. The average molecular weight is 348 g/mol. The summed E-state index contributed by atoms with van der Waals surface area (Å²) in [7, 11) is 0. The van der Waals surface area contributed by atoms with E-state index in [0.29, 0.717) is 30.7 Å². The van der Waals surface area contributed by atoms with Crippen LogP contribution >= 0.6 is 0 Å². The Bertz CT molecular complexity index is 865. The van der Waals surface area contributed by atoms with Crippen molar-refractivity contribution in [2.75, 3.05) is 6.54 Å². The molecule has 0 bridgehead atoms. The lowest BCUT2D eigenvalue weighted by Gasteiger charge is -2.10. The van der Waals surface area contributed by atoms with E-state index in [9.17, 15) is 4.79 Å². The summed E-state index contributed by atoms with van der Waals surface area (Å²) in [5, 5.41) is 9.94. The molecule has 132 valence electrons. The Labute approximate surface area is 151 Å². The lowest BCUT2D eigenvalue weighted by atomic mass is 10.1. The highest BCUT2D eigenvalue weighted by Crippen LogP contribution is 2.46. The number of amides is 2. The number of rotatable bonds is 6.